The van der Waals surface area contributed by atoms with Crippen LogP contribution in [0.2, 0.25) is 0 Å². The Balaban J connectivity index is 1.68. The Bertz CT molecular complexity index is 598. The number of aliphatic hydroxyl groups is 2. The molecular weight excluding hydrogens is 293 g/mol. The van der Waals surface area contributed by atoms with E-state index in [2.05, 4.69) is 13.8 Å². The summed E-state index contributed by atoms with van der Waals surface area (Å²) in [5.74, 6) is -0.172. The van der Waals surface area contributed by atoms with E-state index in [1.807, 2.05) is 6.08 Å². The molecule has 4 N–H and O–H groups in total. The minimum atomic E-state index is -1.66. The maximum absolute atomic E-state index is 14.2. The highest BCUT2D eigenvalue weighted by molar-refractivity contribution is 5.27. The zero-order valence-electron chi connectivity index (χ0n) is 14.1. The highest BCUT2D eigenvalue weighted by atomic mass is 19.1. The smallest absolute Gasteiger partial charge is 0.182 e. The summed E-state index contributed by atoms with van der Waals surface area (Å²) in [6.07, 6.45) is 8.56. The highest BCUT2D eigenvalue weighted by Crippen LogP contribution is 2.66. The third-order valence-corrected chi connectivity index (χ3v) is 7.92. The molecule has 2 saturated carbocycles. The summed E-state index contributed by atoms with van der Waals surface area (Å²) in [6.45, 7) is 4.42. The zero-order chi connectivity index (χ0) is 16.6. The second-order valence-electron chi connectivity index (χ2n) is 8.91. The van der Waals surface area contributed by atoms with E-state index in [1.54, 1.807) is 6.08 Å². The standard InChI is InChI=1S/C19H28FNO2/c1-17-7-8-19(22,23)10-11(17)3-4-12-13(17)5-6-18(2)14(12)9-15(20)16(18)21/h7-8,11-14,22-23H,3-6,9-10,21H2,1-2H3/t11?,12-,13+,14+,17+,18+/m1/s1. The van der Waals surface area contributed by atoms with Crippen molar-refractivity contribution in [2.75, 3.05) is 0 Å². The second-order valence-corrected chi connectivity index (χ2v) is 8.91. The van der Waals surface area contributed by atoms with E-state index in [-0.39, 0.29) is 16.7 Å². The van der Waals surface area contributed by atoms with Gasteiger partial charge in [0.15, 0.2) is 5.79 Å². The van der Waals surface area contributed by atoms with Crippen LogP contribution in [0.5, 0.6) is 0 Å². The number of fused-ring (bicyclic) bond motifs is 5. The number of nitrogens with two attached hydrogens (primary N) is 1. The van der Waals surface area contributed by atoms with Gasteiger partial charge in [0, 0.05) is 24.0 Å². The van der Waals surface area contributed by atoms with Crippen LogP contribution in [0.4, 0.5) is 4.39 Å². The third kappa shape index (κ3) is 2.00. The van der Waals surface area contributed by atoms with Gasteiger partial charge in [-0.1, -0.05) is 19.9 Å². The van der Waals surface area contributed by atoms with Crippen LogP contribution >= 0.6 is 0 Å². The predicted molar refractivity (Wildman–Crippen MR) is 86.5 cm³/mol. The molecule has 3 nitrogen and oxygen atoms in total. The summed E-state index contributed by atoms with van der Waals surface area (Å²) in [5, 5.41) is 20.0. The normalized spacial score (nSPS) is 51.2. The van der Waals surface area contributed by atoms with Gasteiger partial charge >= 0.3 is 0 Å². The van der Waals surface area contributed by atoms with Gasteiger partial charge < -0.3 is 15.9 Å². The van der Waals surface area contributed by atoms with Crippen molar-refractivity contribution in [1.82, 2.24) is 0 Å². The summed E-state index contributed by atoms with van der Waals surface area (Å²) < 4.78 is 14.2. The molecule has 0 radical (unpaired) electrons. The molecule has 4 aliphatic rings. The molecule has 1 unspecified atom stereocenters. The van der Waals surface area contributed by atoms with Crippen LogP contribution in [0.25, 0.3) is 0 Å². The number of allylic oxidation sites excluding steroid dienone is 3. The van der Waals surface area contributed by atoms with Crippen LogP contribution < -0.4 is 5.73 Å². The fourth-order valence-corrected chi connectivity index (χ4v) is 6.44. The molecular formula is C19H28FNO2. The fraction of sp³-hybridized carbons (Fsp3) is 0.789. The van der Waals surface area contributed by atoms with Crippen LogP contribution in [0, 0.1) is 34.5 Å². The lowest BCUT2D eigenvalue weighted by Crippen LogP contribution is -2.54. The molecule has 0 amide bonds. The van der Waals surface area contributed by atoms with E-state index >= 15 is 0 Å². The quantitative estimate of drug-likeness (QED) is 0.474. The lowest BCUT2D eigenvalue weighted by Gasteiger charge is -2.59. The predicted octanol–water partition coefficient (Wildman–Crippen LogP) is 3.24. The Kier molecular flexibility index (Phi) is 3.13. The van der Waals surface area contributed by atoms with Gasteiger partial charge in [-0.15, -0.1) is 0 Å². The zero-order valence-corrected chi connectivity index (χ0v) is 14.1. The summed E-state index contributed by atoms with van der Waals surface area (Å²) >= 11 is 0. The molecule has 0 saturated heterocycles. The average Bonchev–Trinajstić information content (AvgIpc) is 2.71. The molecule has 128 valence electrons. The topological polar surface area (TPSA) is 66.5 Å². The largest absolute Gasteiger partial charge is 0.400 e. The van der Waals surface area contributed by atoms with Crippen molar-refractivity contribution < 1.29 is 14.6 Å². The van der Waals surface area contributed by atoms with E-state index in [1.165, 1.54) is 0 Å². The molecule has 6 atom stereocenters. The maximum atomic E-state index is 14.2. The molecule has 23 heavy (non-hydrogen) atoms. The molecule has 4 rings (SSSR count). The molecule has 0 spiro atoms. The van der Waals surface area contributed by atoms with Crippen molar-refractivity contribution in [2.24, 2.45) is 40.2 Å². The number of hydrogen-bond donors (Lipinski definition) is 3. The van der Waals surface area contributed by atoms with Crippen molar-refractivity contribution >= 4 is 0 Å². The third-order valence-electron chi connectivity index (χ3n) is 7.92. The van der Waals surface area contributed by atoms with Crippen LogP contribution in [0.15, 0.2) is 23.7 Å². The van der Waals surface area contributed by atoms with Gasteiger partial charge in [0.2, 0.25) is 0 Å². The van der Waals surface area contributed by atoms with Gasteiger partial charge in [0.1, 0.15) is 5.83 Å². The van der Waals surface area contributed by atoms with Crippen LogP contribution in [-0.2, 0) is 0 Å². The van der Waals surface area contributed by atoms with E-state index in [0.717, 1.165) is 25.7 Å². The molecule has 0 bridgehead atoms. The van der Waals surface area contributed by atoms with E-state index in [9.17, 15) is 14.6 Å². The Hall–Kier alpha value is -0.870. The number of hydrogen-bond acceptors (Lipinski definition) is 3. The molecule has 4 heteroatoms. The van der Waals surface area contributed by atoms with Gasteiger partial charge in [-0.2, -0.15) is 0 Å². The number of halogens is 1. The van der Waals surface area contributed by atoms with Gasteiger partial charge in [-0.3, -0.25) is 0 Å². The molecule has 0 aromatic carbocycles. The summed E-state index contributed by atoms with van der Waals surface area (Å²) in [4.78, 5) is 0. The van der Waals surface area contributed by atoms with Gasteiger partial charge in [0.05, 0.1) is 0 Å². The first-order chi connectivity index (χ1) is 10.7. The summed E-state index contributed by atoms with van der Waals surface area (Å²) in [7, 11) is 0. The minimum absolute atomic E-state index is 0.00691. The monoisotopic (exact) mass is 321 g/mol. The Morgan fingerprint density at radius 1 is 1.13 bits per heavy atom. The fourth-order valence-electron chi connectivity index (χ4n) is 6.44. The lowest BCUT2D eigenvalue weighted by molar-refractivity contribution is -0.166. The molecule has 0 aromatic rings. The second kappa shape index (κ2) is 4.60. The Morgan fingerprint density at radius 3 is 2.61 bits per heavy atom. The van der Waals surface area contributed by atoms with Crippen LogP contribution in [0.3, 0.4) is 0 Å². The first-order valence-corrected chi connectivity index (χ1v) is 8.97. The summed E-state index contributed by atoms with van der Waals surface area (Å²) in [5.41, 5.74) is 6.43. The van der Waals surface area contributed by atoms with Crippen molar-refractivity contribution in [3.63, 3.8) is 0 Å². The first-order valence-electron chi connectivity index (χ1n) is 8.97. The minimum Gasteiger partial charge on any atom is -0.400 e. The first kappa shape index (κ1) is 15.6. The van der Waals surface area contributed by atoms with Gasteiger partial charge in [-0.25, -0.2) is 4.39 Å². The SMILES string of the molecule is C[C@]12C=CC(O)(O)CC1CC[C@@H]1[C@@H]2CC[C@]2(C)C(N)=C(F)C[C@@H]12. The number of rotatable bonds is 0. The van der Waals surface area contributed by atoms with E-state index < -0.39 is 5.79 Å². The molecule has 4 aliphatic carbocycles. The van der Waals surface area contributed by atoms with Crippen LogP contribution in [0.1, 0.15) is 52.4 Å². The highest BCUT2D eigenvalue weighted by Gasteiger charge is 2.59. The van der Waals surface area contributed by atoms with Gasteiger partial charge in [0.25, 0.3) is 0 Å². The van der Waals surface area contributed by atoms with Crippen molar-refractivity contribution in [1.29, 1.82) is 0 Å². The molecule has 0 heterocycles. The Labute approximate surface area is 137 Å². The molecule has 0 aromatic heterocycles. The average molecular weight is 321 g/mol. The van der Waals surface area contributed by atoms with Crippen molar-refractivity contribution in [2.45, 2.75) is 58.2 Å². The van der Waals surface area contributed by atoms with Gasteiger partial charge in [-0.05, 0) is 60.8 Å². The van der Waals surface area contributed by atoms with Crippen LogP contribution in [-0.4, -0.2) is 16.0 Å². The Morgan fingerprint density at radius 2 is 1.87 bits per heavy atom. The summed E-state index contributed by atoms with van der Waals surface area (Å²) in [6, 6.07) is 0. The lowest BCUT2D eigenvalue weighted by atomic mass is 9.46. The van der Waals surface area contributed by atoms with E-state index in [0.29, 0.717) is 42.2 Å². The maximum Gasteiger partial charge on any atom is 0.182 e. The van der Waals surface area contributed by atoms with E-state index in [4.69, 9.17) is 5.73 Å². The molecule has 2 fully saturated rings. The van der Waals surface area contributed by atoms with Crippen molar-refractivity contribution in [3.8, 4) is 0 Å². The molecule has 0 aliphatic heterocycles. The van der Waals surface area contributed by atoms with Crippen molar-refractivity contribution in [3.05, 3.63) is 23.7 Å².